The maximum atomic E-state index is 12.4. The average Bonchev–Trinajstić information content (AvgIpc) is 3.02. The summed E-state index contributed by atoms with van der Waals surface area (Å²) in [6.07, 6.45) is 0.884. The van der Waals surface area contributed by atoms with Crippen LogP contribution in [0.15, 0.2) is 82.8 Å². The van der Waals surface area contributed by atoms with E-state index in [4.69, 9.17) is 19.9 Å². The molecule has 0 N–H and O–H groups in total. The molecule has 0 unspecified atom stereocenters. The van der Waals surface area contributed by atoms with Crippen molar-refractivity contribution >= 4 is 28.1 Å². The number of aryl methyl sites for hydroxylation is 1. The van der Waals surface area contributed by atoms with Crippen molar-refractivity contribution in [2.45, 2.75) is 105 Å². The van der Waals surface area contributed by atoms with Gasteiger partial charge in [-0.2, -0.15) is 0 Å². The van der Waals surface area contributed by atoms with Gasteiger partial charge in [0.25, 0.3) is 0 Å². The van der Waals surface area contributed by atoms with Crippen molar-refractivity contribution in [2.75, 3.05) is 40.5 Å². The first-order valence-electron chi connectivity index (χ1n) is 18.0. The summed E-state index contributed by atoms with van der Waals surface area (Å²) in [4.78, 5) is 19.5. The van der Waals surface area contributed by atoms with Gasteiger partial charge in [0.05, 0.1) is 13.2 Å². The van der Waals surface area contributed by atoms with Gasteiger partial charge in [0.2, 0.25) is 0 Å². The SMILES string of the molecule is COCCOC.C[Si](C)(C)[N-]C(=NCCCN=C([N-][Si](C)(C)C)c1ccccc1)c1ccccc1.Cc1cc(C(C)(C)C)c([O-])c(C(C)(C)C)c1.[Yb+3]. The first-order valence-corrected chi connectivity index (χ1v) is 24.9. The Morgan fingerprint density at radius 3 is 1.23 bits per heavy atom. The van der Waals surface area contributed by atoms with Crippen LogP contribution in [0.5, 0.6) is 5.75 Å². The molecule has 295 valence electrons. The predicted octanol–water partition coefficient (Wildman–Crippen LogP) is 10.6. The molecule has 3 aromatic rings. The predicted molar refractivity (Wildman–Crippen MR) is 225 cm³/mol. The van der Waals surface area contributed by atoms with E-state index in [0.29, 0.717) is 13.2 Å². The minimum atomic E-state index is -1.60. The molecule has 0 aliphatic carbocycles. The number of methoxy groups -OCH3 is 2. The van der Waals surface area contributed by atoms with Gasteiger partial charge >= 0.3 is 46.9 Å². The summed E-state index contributed by atoms with van der Waals surface area (Å²) in [5.41, 5.74) is 5.06. The van der Waals surface area contributed by atoms with Gasteiger partial charge < -0.3 is 34.5 Å². The standard InChI is InChI=1S/C23H34N4Si2.C15H24O.C4H10O2.Yb/c1-28(2,3)26-22(20-14-9-7-10-15-20)24-18-13-19-25-23(27-29(4,5)6)21-16-11-8-12-17-21;1-10-8-11(14(2,3)4)13(16)12(9-10)15(5,6)7;1-5-3-4-6-2;/h7-12,14-17H,13,18-19H2,1-6H3;8-9,16H,1-7H3;3-4H2,1-2H3;/q-2;;;+3/p-1. The monoisotopic (exact) mass is 905 g/mol. The fraction of sp³-hybridized carbons (Fsp3) is 0.524. The van der Waals surface area contributed by atoms with Gasteiger partial charge in [-0.3, -0.25) is 0 Å². The van der Waals surface area contributed by atoms with Crippen molar-refractivity contribution in [3.05, 3.63) is 111 Å². The zero-order chi connectivity index (χ0) is 38.9. The minimum absolute atomic E-state index is 0. The van der Waals surface area contributed by atoms with Gasteiger partial charge in [-0.15, -0.1) is 5.75 Å². The first-order chi connectivity index (χ1) is 23.6. The quantitative estimate of drug-likeness (QED) is 0.0830. The third-order valence-electron chi connectivity index (χ3n) is 7.13. The molecule has 0 amide bonds. The number of rotatable bonds is 11. The van der Waals surface area contributed by atoms with Crippen LogP contribution in [-0.2, 0) is 20.3 Å². The summed E-state index contributed by atoms with van der Waals surface area (Å²) >= 11 is 0. The van der Waals surface area contributed by atoms with E-state index < -0.39 is 16.5 Å². The second kappa shape index (κ2) is 23.9. The number of benzene rings is 3. The maximum absolute atomic E-state index is 12.4. The molecule has 0 atom stereocenters. The summed E-state index contributed by atoms with van der Waals surface area (Å²) in [6.45, 7) is 30.9. The Labute approximate surface area is 358 Å². The molecular weight excluding hydrogens is 838 g/mol. The largest absolute Gasteiger partial charge is 3.00 e. The summed E-state index contributed by atoms with van der Waals surface area (Å²) in [5, 5.41) is 12.4. The molecular formula is C42H67N4O3Si2Yb. The maximum Gasteiger partial charge on any atom is 3.00 e. The number of nitrogens with zero attached hydrogens (tertiary/aromatic N) is 4. The Hall–Kier alpha value is -1.73. The molecule has 0 saturated carbocycles. The Balaban J connectivity index is 0.000000947. The topological polar surface area (TPSA) is 94.4 Å². The zero-order valence-electron chi connectivity index (χ0n) is 34.7. The number of ether oxygens (including phenoxy) is 2. The van der Waals surface area contributed by atoms with Crippen LogP contribution in [0.4, 0.5) is 0 Å². The van der Waals surface area contributed by atoms with Gasteiger partial charge in [-0.05, 0) is 40.0 Å². The molecule has 0 spiro atoms. The molecule has 0 aliphatic heterocycles. The van der Waals surface area contributed by atoms with Crippen molar-refractivity contribution in [1.29, 1.82) is 0 Å². The fourth-order valence-corrected chi connectivity index (χ4v) is 6.36. The van der Waals surface area contributed by atoms with E-state index in [2.05, 4.69) is 121 Å². The van der Waals surface area contributed by atoms with Crippen molar-refractivity contribution in [2.24, 2.45) is 9.98 Å². The number of amidine groups is 2. The van der Waals surface area contributed by atoms with Crippen LogP contribution in [0.1, 0.15) is 75.8 Å². The van der Waals surface area contributed by atoms with Crippen LogP contribution in [0.2, 0.25) is 39.3 Å². The average molecular weight is 905 g/mol. The molecule has 3 aromatic carbocycles. The Bertz CT molecular complexity index is 1380. The van der Waals surface area contributed by atoms with Crippen molar-refractivity contribution in [1.82, 2.24) is 0 Å². The third kappa shape index (κ3) is 21.2. The van der Waals surface area contributed by atoms with E-state index in [9.17, 15) is 5.11 Å². The molecule has 0 heterocycles. The molecule has 1 radical (unpaired) electrons. The van der Waals surface area contributed by atoms with Gasteiger partial charge in [0, 0.05) is 30.7 Å². The number of hydrogen-bond donors (Lipinski definition) is 0. The summed E-state index contributed by atoms with van der Waals surface area (Å²) in [7, 11) is 0.0954. The van der Waals surface area contributed by atoms with Gasteiger partial charge in [-0.1, -0.05) is 190 Å². The Morgan fingerprint density at radius 2 is 0.962 bits per heavy atom. The third-order valence-corrected chi connectivity index (χ3v) is 8.89. The van der Waals surface area contributed by atoms with Gasteiger partial charge in [-0.25, -0.2) is 0 Å². The molecule has 7 nitrogen and oxygen atoms in total. The molecule has 0 aromatic heterocycles. The van der Waals surface area contributed by atoms with E-state index in [0.717, 1.165) is 53.4 Å². The van der Waals surface area contributed by atoms with Crippen molar-refractivity contribution in [3.63, 3.8) is 0 Å². The van der Waals surface area contributed by atoms with Crippen LogP contribution in [0.25, 0.3) is 9.96 Å². The van der Waals surface area contributed by atoms with Crippen LogP contribution in [0.3, 0.4) is 0 Å². The van der Waals surface area contributed by atoms with E-state index >= 15 is 0 Å². The van der Waals surface area contributed by atoms with Crippen LogP contribution in [0, 0.1) is 53.8 Å². The molecule has 0 saturated heterocycles. The molecule has 52 heavy (non-hydrogen) atoms. The number of aliphatic imine (C=N–C) groups is 2. The van der Waals surface area contributed by atoms with Gasteiger partial charge in [0.15, 0.2) is 0 Å². The summed E-state index contributed by atoms with van der Waals surface area (Å²) in [5.74, 6) is 1.97. The van der Waals surface area contributed by atoms with Crippen LogP contribution < -0.4 is 5.11 Å². The molecule has 0 fully saturated rings. The summed E-state index contributed by atoms with van der Waals surface area (Å²) in [6, 6.07) is 24.6. The van der Waals surface area contributed by atoms with Crippen molar-refractivity contribution < 1.29 is 61.5 Å². The molecule has 0 aliphatic rings. The zero-order valence-corrected chi connectivity index (χ0v) is 38.5. The first kappa shape index (κ1) is 50.3. The molecule has 0 bridgehead atoms. The van der Waals surface area contributed by atoms with Crippen LogP contribution >= 0.6 is 0 Å². The molecule has 3 rings (SSSR count). The minimum Gasteiger partial charge on any atom is -0.872 e. The Kier molecular flexibility index (Phi) is 23.1. The van der Waals surface area contributed by atoms with Gasteiger partial charge in [0.1, 0.15) is 0 Å². The molecule has 10 heteroatoms. The van der Waals surface area contributed by atoms with Crippen LogP contribution in [-0.4, -0.2) is 68.7 Å². The second-order valence-corrected chi connectivity index (χ2v) is 25.9. The van der Waals surface area contributed by atoms with E-state index in [1.54, 1.807) is 14.2 Å². The normalized spacial score (nSPS) is 12.4. The second-order valence-electron chi connectivity index (χ2n) is 16.7. The fourth-order valence-electron chi connectivity index (χ4n) is 4.69. The summed E-state index contributed by atoms with van der Waals surface area (Å²) < 4.78 is 9.31. The van der Waals surface area contributed by atoms with E-state index in [-0.39, 0.29) is 63.5 Å². The smallest absolute Gasteiger partial charge is 0.872 e. The van der Waals surface area contributed by atoms with E-state index in [1.165, 1.54) is 5.56 Å². The Morgan fingerprint density at radius 1 is 0.635 bits per heavy atom. The van der Waals surface area contributed by atoms with E-state index in [1.807, 2.05) is 48.5 Å². The number of hydrogen-bond acceptors (Lipinski definition) is 5. The van der Waals surface area contributed by atoms with Crippen molar-refractivity contribution in [3.8, 4) is 5.75 Å².